The molecule has 33 heavy (non-hydrogen) atoms. The lowest BCUT2D eigenvalue weighted by Gasteiger charge is -2.38. The number of allylic oxidation sites excluding steroid dienone is 3. The first-order chi connectivity index (χ1) is 15.7. The third kappa shape index (κ3) is 4.21. The third-order valence-electron chi connectivity index (χ3n) is 5.73. The Balaban J connectivity index is 1.90. The summed E-state index contributed by atoms with van der Waals surface area (Å²) in [6.07, 6.45) is 6.46. The lowest BCUT2D eigenvalue weighted by atomic mass is 9.82. The topological polar surface area (TPSA) is 127 Å². The van der Waals surface area contributed by atoms with Gasteiger partial charge in [-0.3, -0.25) is 4.79 Å². The van der Waals surface area contributed by atoms with Crippen LogP contribution < -0.4 is 10.0 Å². The van der Waals surface area contributed by atoms with Crippen LogP contribution in [0.3, 0.4) is 0 Å². The molecule has 1 aliphatic carbocycles. The maximum Gasteiger partial charge on any atom is 0.247 e. The van der Waals surface area contributed by atoms with Crippen LogP contribution in [0.1, 0.15) is 36.1 Å². The first-order valence-electron chi connectivity index (χ1n) is 10.3. The molecule has 1 aromatic carbocycles. The molecule has 9 nitrogen and oxygen atoms in total. The summed E-state index contributed by atoms with van der Waals surface area (Å²) < 4.78 is 39.8. The molecular weight excluding hydrogens is 444 g/mol. The van der Waals surface area contributed by atoms with Gasteiger partial charge in [-0.2, -0.15) is 0 Å². The van der Waals surface area contributed by atoms with E-state index in [0.717, 1.165) is 0 Å². The van der Waals surface area contributed by atoms with Gasteiger partial charge < -0.3 is 14.3 Å². The van der Waals surface area contributed by atoms with E-state index in [1.54, 1.807) is 26.0 Å². The van der Waals surface area contributed by atoms with Crippen LogP contribution in [0.4, 0.5) is 5.88 Å². The van der Waals surface area contributed by atoms with Crippen LogP contribution in [0, 0.1) is 13.8 Å². The molecule has 3 aromatic rings. The Morgan fingerprint density at radius 3 is 2.55 bits per heavy atom. The number of oxazole rings is 1. The van der Waals surface area contributed by atoms with Crippen LogP contribution in [0.15, 0.2) is 63.9 Å². The molecule has 172 valence electrons. The Morgan fingerprint density at radius 1 is 1.18 bits per heavy atom. The first kappa shape index (κ1) is 22.5. The summed E-state index contributed by atoms with van der Waals surface area (Å²) in [4.78, 5) is 16.1. The van der Waals surface area contributed by atoms with E-state index in [0.29, 0.717) is 33.9 Å². The zero-order valence-corrected chi connectivity index (χ0v) is 19.3. The van der Waals surface area contributed by atoms with Gasteiger partial charge in [-0.05, 0) is 25.0 Å². The summed E-state index contributed by atoms with van der Waals surface area (Å²) in [6.45, 7) is 4.61. The SMILES string of the molecule is CC(=O)NCC1(S(=O)(=O)Nc2onc(C)c2C)CC(c2ncco2)=CC=C1c1ccccc1. The van der Waals surface area contributed by atoms with Gasteiger partial charge >= 0.3 is 0 Å². The summed E-state index contributed by atoms with van der Waals surface area (Å²) in [5.41, 5.74) is 2.97. The van der Waals surface area contributed by atoms with Crippen molar-refractivity contribution in [1.82, 2.24) is 15.5 Å². The van der Waals surface area contributed by atoms with Crippen molar-refractivity contribution < 1.29 is 22.2 Å². The van der Waals surface area contributed by atoms with Gasteiger partial charge in [-0.15, -0.1) is 0 Å². The largest absolute Gasteiger partial charge is 0.445 e. The van der Waals surface area contributed by atoms with Crippen molar-refractivity contribution in [2.75, 3.05) is 11.3 Å². The van der Waals surface area contributed by atoms with Gasteiger partial charge in [0, 0.05) is 31.0 Å². The van der Waals surface area contributed by atoms with Crippen molar-refractivity contribution in [1.29, 1.82) is 0 Å². The minimum atomic E-state index is -4.20. The molecule has 2 heterocycles. The van der Waals surface area contributed by atoms with Crippen LogP contribution in [0.5, 0.6) is 0 Å². The number of hydrogen-bond donors (Lipinski definition) is 2. The zero-order valence-electron chi connectivity index (χ0n) is 18.5. The highest BCUT2D eigenvalue weighted by Gasteiger charge is 2.50. The van der Waals surface area contributed by atoms with E-state index in [1.165, 1.54) is 19.4 Å². The number of nitrogens with one attached hydrogen (secondary N) is 2. The van der Waals surface area contributed by atoms with Crippen LogP contribution in [0.25, 0.3) is 11.1 Å². The van der Waals surface area contributed by atoms with Crippen molar-refractivity contribution in [2.24, 2.45) is 0 Å². The van der Waals surface area contributed by atoms with Gasteiger partial charge in [0.25, 0.3) is 0 Å². The molecule has 2 N–H and O–H groups in total. The van der Waals surface area contributed by atoms with Crippen molar-refractivity contribution in [3.63, 3.8) is 0 Å². The highest BCUT2D eigenvalue weighted by atomic mass is 32.2. The number of amides is 1. The number of carbonyl (C=O) groups is 1. The average molecular weight is 469 g/mol. The molecule has 1 atom stereocenters. The van der Waals surface area contributed by atoms with E-state index in [1.807, 2.05) is 30.3 Å². The molecule has 0 spiro atoms. The molecule has 0 radical (unpaired) electrons. The number of sulfonamides is 1. The van der Waals surface area contributed by atoms with E-state index in [4.69, 9.17) is 8.94 Å². The van der Waals surface area contributed by atoms with Gasteiger partial charge in [0.15, 0.2) is 0 Å². The number of hydrogen-bond acceptors (Lipinski definition) is 7. The van der Waals surface area contributed by atoms with Gasteiger partial charge in [-0.25, -0.2) is 18.1 Å². The van der Waals surface area contributed by atoms with Gasteiger partial charge in [0.05, 0.1) is 11.9 Å². The van der Waals surface area contributed by atoms with Crippen molar-refractivity contribution in [2.45, 2.75) is 31.9 Å². The maximum absolute atomic E-state index is 14.1. The van der Waals surface area contributed by atoms with Gasteiger partial charge in [-0.1, -0.05) is 47.6 Å². The summed E-state index contributed by atoms with van der Waals surface area (Å²) in [6, 6.07) is 9.17. The fourth-order valence-corrected chi connectivity index (χ4v) is 5.51. The molecule has 4 rings (SSSR count). The number of carbonyl (C=O) groups excluding carboxylic acids is 1. The van der Waals surface area contributed by atoms with Gasteiger partial charge in [0.2, 0.25) is 27.7 Å². The molecule has 0 fully saturated rings. The summed E-state index contributed by atoms with van der Waals surface area (Å²) in [5, 5.41) is 6.56. The Hall–Kier alpha value is -3.66. The Kier molecular flexibility index (Phi) is 5.94. The number of aryl methyl sites for hydroxylation is 1. The lowest BCUT2D eigenvalue weighted by molar-refractivity contribution is -0.119. The second kappa shape index (κ2) is 8.70. The van der Waals surface area contributed by atoms with Crippen LogP contribution in [0.2, 0.25) is 0 Å². The van der Waals surface area contributed by atoms with E-state index < -0.39 is 14.8 Å². The number of rotatable bonds is 7. The molecule has 1 aliphatic rings. The summed E-state index contributed by atoms with van der Waals surface area (Å²) in [5.74, 6) is -0.00214. The average Bonchev–Trinajstić information content (AvgIpc) is 3.44. The fourth-order valence-electron chi connectivity index (χ4n) is 3.79. The molecule has 0 aliphatic heterocycles. The van der Waals surface area contributed by atoms with Crippen molar-refractivity contribution >= 4 is 33.0 Å². The number of anilines is 1. The Morgan fingerprint density at radius 2 is 1.94 bits per heavy atom. The molecule has 0 saturated heterocycles. The minimum absolute atomic E-state index is 0.00994. The van der Waals surface area contributed by atoms with Crippen LogP contribution in [-0.2, 0) is 14.8 Å². The van der Waals surface area contributed by atoms with Crippen molar-refractivity contribution in [3.8, 4) is 0 Å². The molecule has 0 bridgehead atoms. The maximum atomic E-state index is 14.1. The predicted molar refractivity (Wildman–Crippen MR) is 123 cm³/mol. The molecule has 2 aromatic heterocycles. The minimum Gasteiger partial charge on any atom is -0.445 e. The molecule has 1 amide bonds. The number of nitrogens with zero attached hydrogens (tertiary/aromatic N) is 2. The van der Waals surface area contributed by atoms with E-state index in [-0.39, 0.29) is 24.8 Å². The normalized spacial score (nSPS) is 18.4. The highest BCUT2D eigenvalue weighted by Crippen LogP contribution is 2.45. The molecular formula is C23H24N4O5S. The molecule has 0 saturated carbocycles. The standard InChI is InChI=1S/C23H24N4O5S/c1-15-16(2)26-32-21(15)27-33(29,30)23(14-25-17(3)28)13-19(22-24-11-12-31-22)9-10-20(23)18-7-5-4-6-8-18/h4-12,27H,13-14H2,1-3H3,(H,25,28). The zero-order chi connectivity index (χ0) is 23.6. The van der Waals surface area contributed by atoms with E-state index in [9.17, 15) is 13.2 Å². The monoisotopic (exact) mass is 468 g/mol. The summed E-state index contributed by atoms with van der Waals surface area (Å²) >= 11 is 0. The highest BCUT2D eigenvalue weighted by molar-refractivity contribution is 7.94. The Labute approximate surface area is 191 Å². The molecule has 10 heteroatoms. The molecule has 1 unspecified atom stereocenters. The van der Waals surface area contributed by atoms with E-state index in [2.05, 4.69) is 20.2 Å². The fraction of sp³-hybridized carbons (Fsp3) is 0.261. The van der Waals surface area contributed by atoms with Crippen LogP contribution >= 0.6 is 0 Å². The first-order valence-corrected chi connectivity index (χ1v) is 11.8. The van der Waals surface area contributed by atoms with E-state index >= 15 is 0 Å². The summed E-state index contributed by atoms with van der Waals surface area (Å²) in [7, 11) is -4.20. The third-order valence-corrected chi connectivity index (χ3v) is 7.72. The smallest absolute Gasteiger partial charge is 0.247 e. The van der Waals surface area contributed by atoms with Crippen molar-refractivity contribution in [3.05, 3.63) is 77.7 Å². The van der Waals surface area contributed by atoms with Crippen LogP contribution in [-0.4, -0.2) is 35.8 Å². The number of benzene rings is 1. The quantitative estimate of drug-likeness (QED) is 0.543. The predicted octanol–water partition coefficient (Wildman–Crippen LogP) is 3.47. The number of aromatic nitrogens is 2. The lowest BCUT2D eigenvalue weighted by Crippen LogP contribution is -2.52. The van der Waals surface area contributed by atoms with Gasteiger partial charge in [0.1, 0.15) is 11.0 Å². The Bertz CT molecular complexity index is 1320. The second-order valence-corrected chi connectivity index (χ2v) is 9.88. The second-order valence-electron chi connectivity index (χ2n) is 7.88.